The second-order valence-electron chi connectivity index (χ2n) is 5.71. The molecule has 1 atom stereocenters. The van der Waals surface area contributed by atoms with E-state index in [0.717, 1.165) is 12.8 Å². The number of benzene rings is 1. The molecule has 1 amide bonds. The first-order chi connectivity index (χ1) is 10.6. The van der Waals surface area contributed by atoms with Crippen molar-refractivity contribution in [2.45, 2.75) is 38.8 Å². The van der Waals surface area contributed by atoms with E-state index in [1.54, 1.807) is 13.0 Å². The van der Waals surface area contributed by atoms with E-state index in [1.165, 1.54) is 5.56 Å². The van der Waals surface area contributed by atoms with Crippen LogP contribution in [0.1, 0.15) is 47.7 Å². The molecule has 2 aromatic rings. The van der Waals surface area contributed by atoms with E-state index < -0.39 is 0 Å². The molecule has 1 aromatic carbocycles. The van der Waals surface area contributed by atoms with Crippen LogP contribution in [0.4, 0.5) is 5.82 Å². The van der Waals surface area contributed by atoms with E-state index in [2.05, 4.69) is 39.7 Å². The molecule has 114 valence electrons. The quantitative estimate of drug-likeness (QED) is 0.890. The second kappa shape index (κ2) is 6.13. The van der Waals surface area contributed by atoms with Gasteiger partial charge in [-0.2, -0.15) is 0 Å². The molecule has 0 aliphatic heterocycles. The first kappa shape index (κ1) is 14.5. The van der Waals surface area contributed by atoms with E-state index in [-0.39, 0.29) is 11.9 Å². The van der Waals surface area contributed by atoms with Crippen LogP contribution in [-0.4, -0.2) is 21.9 Å². The summed E-state index contributed by atoms with van der Waals surface area (Å²) >= 11 is 0. The van der Waals surface area contributed by atoms with Crippen LogP contribution in [0.2, 0.25) is 0 Å². The fourth-order valence-electron chi connectivity index (χ4n) is 2.29. The van der Waals surface area contributed by atoms with E-state index >= 15 is 0 Å². The third-order valence-electron chi connectivity index (χ3n) is 3.65. The highest BCUT2D eigenvalue weighted by Crippen LogP contribution is 2.20. The standard InChI is InChI=1S/C17H20N4O/c1-11(13-6-4-3-5-7-13)18-16-10-15(19-12(2)20-16)17(22)21-14-8-9-14/h3-7,10-11,14H,8-9H2,1-2H3,(H,21,22)(H,18,19,20). The van der Waals surface area contributed by atoms with E-state index in [4.69, 9.17) is 0 Å². The van der Waals surface area contributed by atoms with Crippen molar-refractivity contribution < 1.29 is 4.79 Å². The van der Waals surface area contributed by atoms with E-state index in [1.807, 2.05) is 18.2 Å². The average Bonchev–Trinajstić information content (AvgIpc) is 3.31. The largest absolute Gasteiger partial charge is 0.363 e. The highest BCUT2D eigenvalue weighted by Gasteiger charge is 2.24. The minimum absolute atomic E-state index is 0.106. The first-order valence-electron chi connectivity index (χ1n) is 7.60. The van der Waals surface area contributed by atoms with Crippen LogP contribution < -0.4 is 10.6 Å². The summed E-state index contributed by atoms with van der Waals surface area (Å²) in [6.07, 6.45) is 2.12. The lowest BCUT2D eigenvalue weighted by Gasteiger charge is -2.15. The molecule has 3 rings (SSSR count). The summed E-state index contributed by atoms with van der Waals surface area (Å²) in [5.74, 6) is 1.14. The minimum atomic E-state index is -0.122. The molecular weight excluding hydrogens is 276 g/mol. The van der Waals surface area contributed by atoms with Crippen LogP contribution in [0.25, 0.3) is 0 Å². The summed E-state index contributed by atoms with van der Waals surface area (Å²) in [4.78, 5) is 20.7. The number of aromatic nitrogens is 2. The van der Waals surface area contributed by atoms with Crippen molar-refractivity contribution in [3.8, 4) is 0 Å². The Bertz CT molecular complexity index is 668. The summed E-state index contributed by atoms with van der Waals surface area (Å²) in [5.41, 5.74) is 1.59. The first-order valence-corrected chi connectivity index (χ1v) is 7.60. The molecule has 22 heavy (non-hydrogen) atoms. The second-order valence-corrected chi connectivity index (χ2v) is 5.71. The number of nitrogens with zero attached hydrogens (tertiary/aromatic N) is 2. The maximum atomic E-state index is 12.1. The molecule has 1 saturated carbocycles. The molecule has 5 nitrogen and oxygen atoms in total. The predicted octanol–water partition coefficient (Wildman–Crippen LogP) is 2.85. The van der Waals surface area contributed by atoms with Gasteiger partial charge in [0.25, 0.3) is 5.91 Å². The van der Waals surface area contributed by atoms with Crippen LogP contribution in [-0.2, 0) is 0 Å². The van der Waals surface area contributed by atoms with Crippen molar-refractivity contribution in [2.24, 2.45) is 0 Å². The normalized spacial score (nSPS) is 15.2. The highest BCUT2D eigenvalue weighted by molar-refractivity contribution is 5.93. The van der Waals surface area contributed by atoms with Crippen LogP contribution in [0, 0.1) is 6.92 Å². The Morgan fingerprint density at radius 1 is 1.23 bits per heavy atom. The third kappa shape index (κ3) is 3.61. The van der Waals surface area contributed by atoms with Gasteiger partial charge < -0.3 is 10.6 Å². The fraction of sp³-hybridized carbons (Fsp3) is 0.353. The monoisotopic (exact) mass is 296 g/mol. The summed E-state index contributed by atoms with van der Waals surface area (Å²) < 4.78 is 0. The highest BCUT2D eigenvalue weighted by atomic mass is 16.2. The number of hydrogen-bond donors (Lipinski definition) is 2. The van der Waals surface area contributed by atoms with Gasteiger partial charge in [-0.3, -0.25) is 4.79 Å². The number of aryl methyl sites for hydroxylation is 1. The van der Waals surface area contributed by atoms with E-state index in [0.29, 0.717) is 23.4 Å². The van der Waals surface area contributed by atoms with Crippen LogP contribution >= 0.6 is 0 Å². The molecule has 0 radical (unpaired) electrons. The van der Waals surface area contributed by atoms with E-state index in [9.17, 15) is 4.79 Å². The number of nitrogens with one attached hydrogen (secondary N) is 2. The Morgan fingerprint density at radius 2 is 1.95 bits per heavy atom. The lowest BCUT2D eigenvalue weighted by molar-refractivity contribution is 0.0945. The Hall–Kier alpha value is -2.43. The van der Waals surface area contributed by atoms with Gasteiger partial charge in [-0.25, -0.2) is 9.97 Å². The lowest BCUT2D eigenvalue weighted by Crippen LogP contribution is -2.27. The Labute approximate surface area is 130 Å². The van der Waals surface area contributed by atoms with Crippen LogP contribution in [0.3, 0.4) is 0 Å². The molecule has 1 heterocycles. The number of amides is 1. The summed E-state index contributed by atoms with van der Waals surface area (Å²) in [6, 6.07) is 12.3. The number of rotatable bonds is 5. The molecule has 1 aliphatic carbocycles. The summed E-state index contributed by atoms with van der Waals surface area (Å²) in [5, 5.41) is 6.28. The molecule has 5 heteroatoms. The zero-order valence-corrected chi connectivity index (χ0v) is 12.8. The third-order valence-corrected chi connectivity index (χ3v) is 3.65. The predicted molar refractivity (Wildman–Crippen MR) is 85.7 cm³/mol. The van der Waals surface area contributed by atoms with Gasteiger partial charge in [0.2, 0.25) is 0 Å². The molecule has 1 aliphatic rings. The zero-order chi connectivity index (χ0) is 15.5. The van der Waals surface area contributed by atoms with Crippen molar-refractivity contribution in [2.75, 3.05) is 5.32 Å². The Balaban J connectivity index is 1.75. The average molecular weight is 296 g/mol. The summed E-state index contributed by atoms with van der Waals surface area (Å²) in [6.45, 7) is 3.86. The fourth-order valence-corrected chi connectivity index (χ4v) is 2.29. The van der Waals surface area contributed by atoms with Crippen molar-refractivity contribution in [3.05, 3.63) is 53.5 Å². The SMILES string of the molecule is Cc1nc(NC(C)c2ccccc2)cc(C(=O)NC2CC2)n1. The smallest absolute Gasteiger partial charge is 0.270 e. The molecule has 2 N–H and O–H groups in total. The van der Waals surface area contributed by atoms with Gasteiger partial charge in [0.15, 0.2) is 0 Å². The molecule has 0 bridgehead atoms. The maximum absolute atomic E-state index is 12.1. The zero-order valence-electron chi connectivity index (χ0n) is 12.8. The minimum Gasteiger partial charge on any atom is -0.363 e. The van der Waals surface area contributed by atoms with Crippen LogP contribution in [0.5, 0.6) is 0 Å². The number of anilines is 1. The topological polar surface area (TPSA) is 66.9 Å². The van der Waals surface area contributed by atoms with Gasteiger partial charge in [0.1, 0.15) is 17.3 Å². The molecule has 1 unspecified atom stereocenters. The molecular formula is C17H20N4O. The van der Waals surface area contributed by atoms with Crippen LogP contribution in [0.15, 0.2) is 36.4 Å². The Morgan fingerprint density at radius 3 is 2.64 bits per heavy atom. The molecule has 1 fully saturated rings. The number of carbonyl (C=O) groups excluding carboxylic acids is 1. The van der Waals surface area contributed by atoms with Crippen molar-refractivity contribution in [3.63, 3.8) is 0 Å². The van der Waals surface area contributed by atoms with Gasteiger partial charge in [0, 0.05) is 18.2 Å². The van der Waals surface area contributed by atoms with Gasteiger partial charge in [-0.1, -0.05) is 30.3 Å². The Kier molecular flexibility index (Phi) is 4.04. The van der Waals surface area contributed by atoms with Crippen molar-refractivity contribution in [1.82, 2.24) is 15.3 Å². The van der Waals surface area contributed by atoms with Crippen molar-refractivity contribution in [1.29, 1.82) is 0 Å². The van der Waals surface area contributed by atoms with Gasteiger partial charge >= 0.3 is 0 Å². The lowest BCUT2D eigenvalue weighted by atomic mass is 10.1. The number of carbonyl (C=O) groups is 1. The summed E-state index contributed by atoms with van der Waals surface area (Å²) in [7, 11) is 0. The van der Waals surface area contributed by atoms with Crippen molar-refractivity contribution >= 4 is 11.7 Å². The molecule has 1 aromatic heterocycles. The van der Waals surface area contributed by atoms with Gasteiger partial charge in [-0.15, -0.1) is 0 Å². The molecule has 0 spiro atoms. The maximum Gasteiger partial charge on any atom is 0.270 e. The van der Waals surface area contributed by atoms with Gasteiger partial charge in [-0.05, 0) is 32.3 Å². The number of hydrogen-bond acceptors (Lipinski definition) is 4. The van der Waals surface area contributed by atoms with Gasteiger partial charge in [0.05, 0.1) is 0 Å². The molecule has 0 saturated heterocycles.